The van der Waals surface area contributed by atoms with E-state index < -0.39 is 40.6 Å². The topological polar surface area (TPSA) is 136 Å². The summed E-state index contributed by atoms with van der Waals surface area (Å²) in [5.41, 5.74) is 0. The van der Waals surface area contributed by atoms with E-state index in [1.54, 1.807) is 0 Å². The van der Waals surface area contributed by atoms with Crippen LogP contribution in [0.2, 0.25) is 18.1 Å². The van der Waals surface area contributed by atoms with Crippen LogP contribution in [0.1, 0.15) is 183 Å². The normalized spacial score (nSPS) is 18.0. The van der Waals surface area contributed by atoms with E-state index in [-0.39, 0.29) is 49.3 Å². The highest BCUT2D eigenvalue weighted by atomic mass is 31.2. The molecule has 0 amide bonds. The number of unbranched alkanes of at least 4 members (excludes halogenated alkanes) is 16. The standard InChI is InChI=1S/C47H92NO11PSi/c1-12-13-14-15-16-17-18-19-20-21-22-25-28-34-44(49)53-38-43(40-56-60(51,52)55-37-36-48(7,8)9)57-45(50)35-29-26-23-24-27-31-41(59-61(10,11)46(2,3)4)32-30-33-42-39-54-47(5,6)58-42/h30,33,41-43H,12-29,31-32,34-40H2,1-11H3/p+1/b33-30+. The van der Waals surface area contributed by atoms with Gasteiger partial charge in [0.25, 0.3) is 0 Å². The molecule has 1 aliphatic rings. The Morgan fingerprint density at radius 2 is 1.33 bits per heavy atom. The van der Waals surface area contributed by atoms with Crippen LogP contribution >= 0.6 is 7.82 Å². The fourth-order valence-corrected chi connectivity index (χ4v) is 8.88. The molecule has 1 saturated heterocycles. The lowest BCUT2D eigenvalue weighted by Gasteiger charge is -2.39. The summed E-state index contributed by atoms with van der Waals surface area (Å²) in [6, 6.07) is 0. The Labute approximate surface area is 374 Å². The van der Waals surface area contributed by atoms with E-state index in [1.165, 1.54) is 64.2 Å². The highest BCUT2D eigenvalue weighted by Crippen LogP contribution is 2.43. The molecule has 1 rings (SSSR count). The predicted molar refractivity (Wildman–Crippen MR) is 249 cm³/mol. The predicted octanol–water partition coefficient (Wildman–Crippen LogP) is 12.0. The molecule has 0 aromatic heterocycles. The molecule has 0 aromatic rings. The second-order valence-corrected chi connectivity index (χ2v) is 26.4. The highest BCUT2D eigenvalue weighted by Gasteiger charge is 2.39. The van der Waals surface area contributed by atoms with Crippen LogP contribution in [0.4, 0.5) is 0 Å². The van der Waals surface area contributed by atoms with Gasteiger partial charge in [-0.25, -0.2) is 4.57 Å². The minimum atomic E-state index is -4.41. The molecule has 12 nitrogen and oxygen atoms in total. The lowest BCUT2D eigenvalue weighted by Crippen LogP contribution is -2.43. The van der Waals surface area contributed by atoms with Crippen LogP contribution in [0.15, 0.2) is 12.2 Å². The Kier molecular flexibility index (Phi) is 29.3. The van der Waals surface area contributed by atoms with Crippen molar-refractivity contribution < 1.29 is 56.0 Å². The molecule has 0 aromatic carbocycles. The number of esters is 2. The number of ether oxygens (including phenoxy) is 4. The number of likely N-dealkylation sites (N-methyl/N-ethyl adjacent to an activating group) is 1. The van der Waals surface area contributed by atoms with E-state index in [9.17, 15) is 19.0 Å². The molecular weight excluding hydrogens is 814 g/mol. The SMILES string of the molecule is CCCCCCCCCCCCCCCC(=O)OCC(COP(=O)(O)OCC[N+](C)(C)C)OC(=O)CCCCCCCC(C/C=C/C1COC(C)(C)O1)O[Si](C)(C)C(C)(C)C. The van der Waals surface area contributed by atoms with Gasteiger partial charge in [-0.1, -0.05) is 143 Å². The van der Waals surface area contributed by atoms with Gasteiger partial charge in [-0.05, 0) is 57.7 Å². The van der Waals surface area contributed by atoms with Crippen molar-refractivity contribution in [3.63, 3.8) is 0 Å². The lowest BCUT2D eigenvalue weighted by molar-refractivity contribution is -0.870. The molecule has 1 heterocycles. The van der Waals surface area contributed by atoms with Gasteiger partial charge in [0.1, 0.15) is 25.9 Å². The molecule has 4 unspecified atom stereocenters. The summed E-state index contributed by atoms with van der Waals surface area (Å²) in [5.74, 6) is -1.40. The summed E-state index contributed by atoms with van der Waals surface area (Å²) in [4.78, 5) is 35.8. The van der Waals surface area contributed by atoms with Crippen LogP contribution < -0.4 is 0 Å². The maximum Gasteiger partial charge on any atom is 0.472 e. The molecule has 14 heteroatoms. The molecule has 0 aliphatic carbocycles. The summed E-state index contributed by atoms with van der Waals surface area (Å²) in [6.45, 7) is 17.9. The zero-order valence-corrected chi connectivity index (χ0v) is 42.8. The number of quaternary nitrogens is 1. The first kappa shape index (κ1) is 57.9. The third-order valence-corrected chi connectivity index (χ3v) is 17.1. The highest BCUT2D eigenvalue weighted by molar-refractivity contribution is 7.47. The summed E-state index contributed by atoms with van der Waals surface area (Å²) in [5, 5.41) is 0.117. The van der Waals surface area contributed by atoms with Crippen molar-refractivity contribution in [2.45, 2.75) is 225 Å². The molecule has 1 fully saturated rings. The summed E-state index contributed by atoms with van der Waals surface area (Å²) >= 11 is 0. The van der Waals surface area contributed by atoms with Gasteiger partial charge in [0.2, 0.25) is 0 Å². The van der Waals surface area contributed by atoms with Crippen molar-refractivity contribution in [3.05, 3.63) is 12.2 Å². The Hall–Kier alpha value is -1.15. The van der Waals surface area contributed by atoms with Gasteiger partial charge >= 0.3 is 19.8 Å². The fourth-order valence-electron chi connectivity index (χ4n) is 6.73. The van der Waals surface area contributed by atoms with Crippen molar-refractivity contribution in [2.24, 2.45) is 0 Å². The van der Waals surface area contributed by atoms with Crippen LogP contribution in [0, 0.1) is 0 Å². The van der Waals surface area contributed by atoms with E-state index in [1.807, 2.05) is 35.0 Å². The van der Waals surface area contributed by atoms with Crippen LogP contribution in [-0.2, 0) is 46.6 Å². The first-order valence-electron chi connectivity index (χ1n) is 24.0. The number of carbonyl (C=O) groups excluding carboxylic acids is 2. The molecular formula is C47H93NO11PSi+. The molecule has 1 N–H and O–H groups in total. The van der Waals surface area contributed by atoms with Crippen molar-refractivity contribution >= 4 is 28.1 Å². The zero-order valence-electron chi connectivity index (χ0n) is 40.9. The molecule has 0 saturated carbocycles. The van der Waals surface area contributed by atoms with Crippen LogP contribution in [-0.4, -0.2) is 108 Å². The molecule has 0 bridgehead atoms. The van der Waals surface area contributed by atoms with E-state index in [0.29, 0.717) is 24.1 Å². The zero-order chi connectivity index (χ0) is 45.8. The number of carbonyl (C=O) groups is 2. The average Bonchev–Trinajstić information content (AvgIpc) is 3.50. The minimum absolute atomic E-state index is 0.0154. The van der Waals surface area contributed by atoms with Gasteiger partial charge < -0.3 is 32.7 Å². The number of phosphoric ester groups is 1. The Balaban J connectivity index is 2.53. The number of nitrogens with zero attached hydrogens (tertiary/aromatic N) is 1. The molecule has 1 aliphatic heterocycles. The Bertz CT molecular complexity index is 1250. The van der Waals surface area contributed by atoms with E-state index in [4.69, 9.17) is 32.4 Å². The van der Waals surface area contributed by atoms with Gasteiger partial charge in [0.15, 0.2) is 20.2 Å². The first-order valence-corrected chi connectivity index (χ1v) is 28.4. The molecule has 4 atom stereocenters. The monoisotopic (exact) mass is 907 g/mol. The van der Waals surface area contributed by atoms with Gasteiger partial charge in [-0.15, -0.1) is 0 Å². The number of hydrogen-bond acceptors (Lipinski definition) is 10. The van der Waals surface area contributed by atoms with Crippen LogP contribution in [0.5, 0.6) is 0 Å². The van der Waals surface area contributed by atoms with Crippen molar-refractivity contribution in [2.75, 3.05) is 54.1 Å². The van der Waals surface area contributed by atoms with E-state index in [2.05, 4.69) is 52.9 Å². The minimum Gasteiger partial charge on any atom is -0.462 e. The number of rotatable bonds is 37. The van der Waals surface area contributed by atoms with Crippen molar-refractivity contribution in [3.8, 4) is 0 Å². The van der Waals surface area contributed by atoms with Gasteiger partial charge in [-0.3, -0.25) is 18.6 Å². The molecule has 0 spiro atoms. The first-order chi connectivity index (χ1) is 28.5. The summed E-state index contributed by atoms with van der Waals surface area (Å²) in [7, 11) is -0.533. The van der Waals surface area contributed by atoms with Crippen LogP contribution in [0.25, 0.3) is 0 Å². The maximum atomic E-state index is 12.9. The Morgan fingerprint density at radius 1 is 0.803 bits per heavy atom. The third kappa shape index (κ3) is 31.4. The second kappa shape index (κ2) is 30.9. The van der Waals surface area contributed by atoms with Gasteiger partial charge in [0, 0.05) is 18.9 Å². The van der Waals surface area contributed by atoms with E-state index in [0.717, 1.165) is 57.8 Å². The quantitative estimate of drug-likeness (QED) is 0.0159. The van der Waals surface area contributed by atoms with Crippen molar-refractivity contribution in [1.82, 2.24) is 0 Å². The average molecular weight is 907 g/mol. The largest absolute Gasteiger partial charge is 0.472 e. The van der Waals surface area contributed by atoms with Gasteiger partial charge in [0.05, 0.1) is 34.4 Å². The number of phosphoric acid groups is 1. The summed E-state index contributed by atoms with van der Waals surface area (Å²) in [6.07, 6.45) is 25.9. The van der Waals surface area contributed by atoms with Gasteiger partial charge in [-0.2, -0.15) is 0 Å². The Morgan fingerprint density at radius 3 is 1.84 bits per heavy atom. The molecule has 0 radical (unpaired) electrons. The molecule has 360 valence electrons. The molecule has 61 heavy (non-hydrogen) atoms. The lowest BCUT2D eigenvalue weighted by atomic mass is 10.0. The maximum absolute atomic E-state index is 12.9. The second-order valence-electron chi connectivity index (χ2n) is 20.2. The smallest absolute Gasteiger partial charge is 0.462 e. The van der Waals surface area contributed by atoms with Crippen LogP contribution in [0.3, 0.4) is 0 Å². The van der Waals surface area contributed by atoms with Crippen molar-refractivity contribution in [1.29, 1.82) is 0 Å². The van der Waals surface area contributed by atoms with E-state index >= 15 is 0 Å². The fraction of sp³-hybridized carbons (Fsp3) is 0.915. The summed E-state index contributed by atoms with van der Waals surface area (Å²) < 4.78 is 53.1. The number of hydrogen-bond donors (Lipinski definition) is 1. The third-order valence-electron chi connectivity index (χ3n) is 11.6.